The van der Waals surface area contributed by atoms with E-state index in [2.05, 4.69) is 0 Å². The van der Waals surface area contributed by atoms with E-state index in [1.165, 1.54) is 0 Å². The largest absolute Gasteiger partial charge is 0.479 e. The Kier molecular flexibility index (Phi) is 2.56. The van der Waals surface area contributed by atoms with Gasteiger partial charge in [0.15, 0.2) is 6.10 Å². The number of ether oxygens (including phenoxy) is 2. The molecule has 1 N–H and O–H groups in total. The summed E-state index contributed by atoms with van der Waals surface area (Å²) in [5.74, 6) is -1.69. The van der Waals surface area contributed by atoms with E-state index in [-0.39, 0.29) is 6.61 Å². The number of carbonyl (C=O) groups excluding carboxylic acids is 1. The first kappa shape index (κ1) is 9.98. The smallest absolute Gasteiger partial charge is 0.341 e. The number of epoxide rings is 1. The molecule has 13 heavy (non-hydrogen) atoms. The molecule has 0 bridgehead atoms. The summed E-state index contributed by atoms with van der Waals surface area (Å²) in [6, 6.07) is 0. The quantitative estimate of drug-likeness (QED) is 0.503. The zero-order valence-electron chi connectivity index (χ0n) is 7.57. The van der Waals surface area contributed by atoms with E-state index in [4.69, 9.17) is 14.6 Å². The summed E-state index contributed by atoms with van der Waals surface area (Å²) >= 11 is 0. The average molecular weight is 188 g/mol. The Labute approximate surface area is 75.6 Å². The molecule has 0 aromatic rings. The molecule has 1 heterocycles. The van der Waals surface area contributed by atoms with Gasteiger partial charge in [-0.1, -0.05) is 6.92 Å². The van der Waals surface area contributed by atoms with Crippen LogP contribution in [0.15, 0.2) is 0 Å². The van der Waals surface area contributed by atoms with Crippen LogP contribution in [0.2, 0.25) is 0 Å². The summed E-state index contributed by atoms with van der Waals surface area (Å²) in [4.78, 5) is 21.8. The molecule has 1 aliphatic heterocycles. The molecule has 0 aliphatic carbocycles. The minimum absolute atomic E-state index is 0.232. The SMILES string of the molecule is CCOC(=O)[C@]1(CC)O[C@H]1C(=O)O. The Balaban J connectivity index is 2.65. The highest BCUT2D eigenvalue weighted by Gasteiger charge is 2.66. The number of aliphatic carboxylic acids is 1. The van der Waals surface area contributed by atoms with Crippen molar-refractivity contribution in [1.82, 2.24) is 0 Å². The molecule has 0 spiro atoms. The molecule has 0 amide bonds. The van der Waals surface area contributed by atoms with Crippen LogP contribution < -0.4 is 0 Å². The standard InChI is InChI=1S/C8H12O5/c1-3-8(7(11)12-4-2)5(13-8)6(9)10/h5H,3-4H2,1-2H3,(H,9,10)/t5-,8+/m0/s1. The van der Waals surface area contributed by atoms with E-state index in [0.29, 0.717) is 6.42 Å². The van der Waals surface area contributed by atoms with Gasteiger partial charge in [0.05, 0.1) is 6.61 Å². The lowest BCUT2D eigenvalue weighted by atomic mass is 10.0. The van der Waals surface area contributed by atoms with Gasteiger partial charge >= 0.3 is 11.9 Å². The number of carboxylic acids is 1. The highest BCUT2D eigenvalue weighted by atomic mass is 16.7. The number of carbonyl (C=O) groups is 2. The molecule has 1 fully saturated rings. The van der Waals surface area contributed by atoms with Gasteiger partial charge < -0.3 is 14.6 Å². The fraction of sp³-hybridized carbons (Fsp3) is 0.750. The Morgan fingerprint density at radius 3 is 2.46 bits per heavy atom. The van der Waals surface area contributed by atoms with E-state index in [9.17, 15) is 9.59 Å². The predicted molar refractivity (Wildman–Crippen MR) is 42.2 cm³/mol. The minimum Gasteiger partial charge on any atom is -0.479 e. The van der Waals surface area contributed by atoms with Crippen molar-refractivity contribution in [3.8, 4) is 0 Å². The van der Waals surface area contributed by atoms with Gasteiger partial charge in [0.1, 0.15) is 0 Å². The van der Waals surface area contributed by atoms with Crippen molar-refractivity contribution in [2.24, 2.45) is 0 Å². The van der Waals surface area contributed by atoms with Crippen molar-refractivity contribution < 1.29 is 24.2 Å². The van der Waals surface area contributed by atoms with Crippen molar-refractivity contribution in [2.45, 2.75) is 32.0 Å². The molecule has 74 valence electrons. The van der Waals surface area contributed by atoms with Crippen LogP contribution in [0.3, 0.4) is 0 Å². The van der Waals surface area contributed by atoms with Crippen molar-refractivity contribution in [3.05, 3.63) is 0 Å². The van der Waals surface area contributed by atoms with Gasteiger partial charge in [-0.15, -0.1) is 0 Å². The van der Waals surface area contributed by atoms with Crippen LogP contribution in [0.1, 0.15) is 20.3 Å². The highest BCUT2D eigenvalue weighted by molar-refractivity contribution is 5.93. The average Bonchev–Trinajstić information content (AvgIpc) is 2.80. The van der Waals surface area contributed by atoms with E-state index >= 15 is 0 Å². The zero-order valence-corrected chi connectivity index (χ0v) is 7.57. The first-order chi connectivity index (χ1) is 6.08. The van der Waals surface area contributed by atoms with Crippen LogP contribution in [0.5, 0.6) is 0 Å². The Hall–Kier alpha value is -1.10. The van der Waals surface area contributed by atoms with Gasteiger partial charge in [0, 0.05) is 0 Å². The van der Waals surface area contributed by atoms with Gasteiger partial charge in [-0.3, -0.25) is 0 Å². The summed E-state index contributed by atoms with van der Waals surface area (Å²) in [5, 5.41) is 8.60. The molecule has 5 nitrogen and oxygen atoms in total. The van der Waals surface area contributed by atoms with Gasteiger partial charge in [0.25, 0.3) is 0 Å². The molecule has 0 aromatic heterocycles. The first-order valence-electron chi connectivity index (χ1n) is 4.16. The van der Waals surface area contributed by atoms with Crippen LogP contribution in [0.4, 0.5) is 0 Å². The molecule has 0 aromatic carbocycles. The number of hydrogen-bond acceptors (Lipinski definition) is 4. The second-order valence-corrected chi connectivity index (χ2v) is 2.80. The van der Waals surface area contributed by atoms with Crippen LogP contribution in [0.25, 0.3) is 0 Å². The number of carboxylic acid groups (broad SMARTS) is 1. The van der Waals surface area contributed by atoms with E-state index in [1.807, 2.05) is 0 Å². The normalized spacial score (nSPS) is 31.1. The summed E-state index contributed by atoms with van der Waals surface area (Å²) in [6.07, 6.45) is -0.709. The fourth-order valence-electron chi connectivity index (χ4n) is 1.25. The van der Waals surface area contributed by atoms with Crippen molar-refractivity contribution >= 4 is 11.9 Å². The molecule has 1 aliphatic rings. The van der Waals surface area contributed by atoms with Gasteiger partial charge in [-0.2, -0.15) is 0 Å². The topological polar surface area (TPSA) is 76.1 Å². The third-order valence-electron chi connectivity index (χ3n) is 2.06. The van der Waals surface area contributed by atoms with E-state index < -0.39 is 23.6 Å². The van der Waals surface area contributed by atoms with Crippen LogP contribution in [-0.2, 0) is 19.1 Å². The van der Waals surface area contributed by atoms with Crippen LogP contribution >= 0.6 is 0 Å². The second kappa shape index (κ2) is 3.33. The summed E-state index contributed by atoms with van der Waals surface area (Å²) in [6.45, 7) is 3.59. The molecule has 1 rings (SSSR count). The van der Waals surface area contributed by atoms with Gasteiger partial charge in [-0.25, -0.2) is 9.59 Å². The molecule has 5 heteroatoms. The molecule has 0 saturated carbocycles. The maximum absolute atomic E-state index is 11.3. The Morgan fingerprint density at radius 2 is 2.15 bits per heavy atom. The van der Waals surface area contributed by atoms with Gasteiger partial charge in [-0.05, 0) is 13.3 Å². The zero-order chi connectivity index (χ0) is 10.1. The molecular weight excluding hydrogens is 176 g/mol. The highest BCUT2D eigenvalue weighted by Crippen LogP contribution is 2.40. The maximum atomic E-state index is 11.3. The van der Waals surface area contributed by atoms with Crippen molar-refractivity contribution in [3.63, 3.8) is 0 Å². The lowest BCUT2D eigenvalue weighted by Crippen LogP contribution is -2.31. The number of esters is 1. The maximum Gasteiger partial charge on any atom is 0.341 e. The van der Waals surface area contributed by atoms with E-state index in [1.54, 1.807) is 13.8 Å². The molecule has 1 saturated heterocycles. The van der Waals surface area contributed by atoms with Crippen molar-refractivity contribution in [1.29, 1.82) is 0 Å². The minimum atomic E-state index is -1.22. The van der Waals surface area contributed by atoms with Crippen LogP contribution in [-0.4, -0.2) is 35.4 Å². The lowest BCUT2D eigenvalue weighted by Gasteiger charge is -2.07. The molecular formula is C8H12O5. The third-order valence-corrected chi connectivity index (χ3v) is 2.06. The summed E-state index contributed by atoms with van der Waals surface area (Å²) in [7, 11) is 0. The summed E-state index contributed by atoms with van der Waals surface area (Å²) < 4.78 is 9.57. The van der Waals surface area contributed by atoms with E-state index in [0.717, 1.165) is 0 Å². The van der Waals surface area contributed by atoms with Gasteiger partial charge in [0.2, 0.25) is 5.60 Å². The monoisotopic (exact) mass is 188 g/mol. The second-order valence-electron chi connectivity index (χ2n) is 2.80. The fourth-order valence-corrected chi connectivity index (χ4v) is 1.25. The number of rotatable bonds is 4. The van der Waals surface area contributed by atoms with Crippen molar-refractivity contribution in [2.75, 3.05) is 6.61 Å². The van der Waals surface area contributed by atoms with Crippen LogP contribution in [0, 0.1) is 0 Å². The third kappa shape index (κ3) is 1.51. The first-order valence-corrected chi connectivity index (χ1v) is 4.16. The summed E-state index contributed by atoms with van der Waals surface area (Å²) in [5.41, 5.74) is -1.22. The lowest BCUT2D eigenvalue weighted by molar-refractivity contribution is -0.150. The Morgan fingerprint density at radius 1 is 1.54 bits per heavy atom. The predicted octanol–water partition coefficient (Wildman–Crippen LogP) is 0.182. The number of hydrogen-bond donors (Lipinski definition) is 1. The molecule has 0 unspecified atom stereocenters. The molecule has 0 radical (unpaired) electrons. The molecule has 2 atom stereocenters. The Bertz CT molecular complexity index is 237.